The molecule has 0 aliphatic heterocycles. The van der Waals surface area contributed by atoms with Crippen LogP contribution in [0.15, 0.2) is 48.8 Å². The lowest BCUT2D eigenvalue weighted by Crippen LogP contribution is -2.03. The maximum absolute atomic E-state index is 10.9. The highest BCUT2D eigenvalue weighted by molar-refractivity contribution is 5.85. The van der Waals surface area contributed by atoms with Crippen LogP contribution in [0.1, 0.15) is 21.6 Å². The number of benzene rings is 1. The number of carbonyl (C=O) groups is 1. The molecular formula is C16H14N2O2. The predicted molar refractivity (Wildman–Crippen MR) is 77.0 cm³/mol. The number of nitrogens with zero attached hydrogens (tertiary/aromatic N) is 2. The Morgan fingerprint density at radius 1 is 1.25 bits per heavy atom. The highest BCUT2D eigenvalue weighted by atomic mass is 16.4. The second kappa shape index (κ2) is 4.81. The molecule has 0 atom stereocenters. The Morgan fingerprint density at radius 2 is 2.10 bits per heavy atom. The second-order valence-corrected chi connectivity index (χ2v) is 4.86. The third-order valence-corrected chi connectivity index (χ3v) is 3.33. The average molecular weight is 266 g/mol. The molecule has 100 valence electrons. The van der Waals surface area contributed by atoms with Gasteiger partial charge in [0.25, 0.3) is 0 Å². The molecule has 0 fully saturated rings. The van der Waals surface area contributed by atoms with Gasteiger partial charge in [-0.05, 0) is 47.7 Å². The Kier molecular flexibility index (Phi) is 2.99. The zero-order valence-corrected chi connectivity index (χ0v) is 11.1. The molecule has 4 nitrogen and oxygen atoms in total. The molecule has 0 saturated heterocycles. The summed E-state index contributed by atoms with van der Waals surface area (Å²) in [6.45, 7) is 2.70. The number of pyridine rings is 1. The molecule has 0 amide bonds. The van der Waals surface area contributed by atoms with Gasteiger partial charge in [0.1, 0.15) is 5.69 Å². The molecule has 1 N–H and O–H groups in total. The van der Waals surface area contributed by atoms with Crippen molar-refractivity contribution < 1.29 is 9.90 Å². The zero-order chi connectivity index (χ0) is 14.1. The van der Waals surface area contributed by atoms with Crippen LogP contribution < -0.4 is 0 Å². The molecule has 0 unspecified atom stereocenters. The Labute approximate surface area is 116 Å². The molecule has 0 aliphatic rings. The summed E-state index contributed by atoms with van der Waals surface area (Å²) in [4.78, 5) is 14.8. The number of carboxylic acid groups (broad SMARTS) is 1. The van der Waals surface area contributed by atoms with Crippen molar-refractivity contribution in [2.75, 3.05) is 0 Å². The fourth-order valence-corrected chi connectivity index (χ4v) is 2.32. The van der Waals surface area contributed by atoms with E-state index in [0.717, 1.165) is 11.1 Å². The van der Waals surface area contributed by atoms with E-state index in [-0.39, 0.29) is 5.69 Å². The fourth-order valence-electron chi connectivity index (χ4n) is 2.32. The maximum atomic E-state index is 10.9. The Bertz CT molecular complexity index is 790. The van der Waals surface area contributed by atoms with Gasteiger partial charge in [0.05, 0.1) is 0 Å². The number of aryl methyl sites for hydroxylation is 1. The molecule has 0 radical (unpaired) electrons. The van der Waals surface area contributed by atoms with Crippen LogP contribution >= 0.6 is 0 Å². The lowest BCUT2D eigenvalue weighted by molar-refractivity contribution is 0.0690. The lowest BCUT2D eigenvalue weighted by Gasteiger charge is -2.07. The molecule has 4 heteroatoms. The SMILES string of the molecule is Cc1ccc2ccn(Cc3ccnc(C(=O)O)c3)c2c1. The molecule has 0 aliphatic carbocycles. The Morgan fingerprint density at radius 3 is 2.90 bits per heavy atom. The van der Waals surface area contributed by atoms with Crippen LogP contribution in [0.4, 0.5) is 0 Å². The van der Waals surface area contributed by atoms with Crippen LogP contribution in [0.25, 0.3) is 10.9 Å². The summed E-state index contributed by atoms with van der Waals surface area (Å²) in [5, 5.41) is 10.2. The first kappa shape index (κ1) is 12.4. The fraction of sp³-hybridized carbons (Fsp3) is 0.125. The van der Waals surface area contributed by atoms with E-state index < -0.39 is 5.97 Å². The number of fused-ring (bicyclic) bond motifs is 1. The van der Waals surface area contributed by atoms with Gasteiger partial charge in [0.15, 0.2) is 0 Å². The predicted octanol–water partition coefficient (Wildman–Crippen LogP) is 3.09. The summed E-state index contributed by atoms with van der Waals surface area (Å²) >= 11 is 0. The van der Waals surface area contributed by atoms with E-state index in [0.29, 0.717) is 6.54 Å². The van der Waals surface area contributed by atoms with E-state index in [1.54, 1.807) is 6.07 Å². The normalized spacial score (nSPS) is 10.8. The molecule has 20 heavy (non-hydrogen) atoms. The maximum Gasteiger partial charge on any atom is 0.354 e. The van der Waals surface area contributed by atoms with E-state index >= 15 is 0 Å². The highest BCUT2D eigenvalue weighted by Crippen LogP contribution is 2.18. The van der Waals surface area contributed by atoms with Gasteiger partial charge >= 0.3 is 5.97 Å². The summed E-state index contributed by atoms with van der Waals surface area (Å²) in [5.74, 6) is -1.000. The van der Waals surface area contributed by atoms with Crippen molar-refractivity contribution in [2.24, 2.45) is 0 Å². The summed E-state index contributed by atoms with van der Waals surface area (Å²) in [7, 11) is 0. The molecule has 0 bridgehead atoms. The first-order valence-electron chi connectivity index (χ1n) is 6.37. The largest absolute Gasteiger partial charge is 0.477 e. The standard InChI is InChI=1S/C16H14N2O2/c1-11-2-3-13-5-7-18(15(13)8-11)10-12-4-6-17-14(9-12)16(19)20/h2-9H,10H2,1H3,(H,19,20). The molecule has 0 spiro atoms. The van der Waals surface area contributed by atoms with Crippen LogP contribution in [-0.4, -0.2) is 20.6 Å². The number of hydrogen-bond donors (Lipinski definition) is 1. The van der Waals surface area contributed by atoms with E-state index in [1.165, 1.54) is 17.1 Å². The smallest absolute Gasteiger partial charge is 0.354 e. The first-order chi connectivity index (χ1) is 9.63. The van der Waals surface area contributed by atoms with Gasteiger partial charge in [0.2, 0.25) is 0 Å². The quantitative estimate of drug-likeness (QED) is 0.792. The average Bonchev–Trinajstić information content (AvgIpc) is 2.82. The third kappa shape index (κ3) is 2.28. The molecule has 2 aromatic heterocycles. The highest BCUT2D eigenvalue weighted by Gasteiger charge is 2.07. The van der Waals surface area contributed by atoms with E-state index in [9.17, 15) is 4.79 Å². The van der Waals surface area contributed by atoms with Crippen molar-refractivity contribution in [3.8, 4) is 0 Å². The monoisotopic (exact) mass is 266 g/mol. The Hall–Kier alpha value is -2.62. The van der Waals surface area contributed by atoms with Gasteiger partial charge in [-0.1, -0.05) is 12.1 Å². The van der Waals surface area contributed by atoms with Crippen molar-refractivity contribution >= 4 is 16.9 Å². The summed E-state index contributed by atoms with van der Waals surface area (Å²) in [6, 6.07) is 11.8. The molecule has 1 aromatic carbocycles. The molecule has 2 heterocycles. The molecular weight excluding hydrogens is 252 g/mol. The van der Waals surface area contributed by atoms with E-state index in [4.69, 9.17) is 5.11 Å². The number of aromatic carboxylic acids is 1. The summed E-state index contributed by atoms with van der Waals surface area (Å²) in [5.41, 5.74) is 3.36. The van der Waals surface area contributed by atoms with Gasteiger partial charge in [0, 0.05) is 24.5 Å². The first-order valence-corrected chi connectivity index (χ1v) is 6.37. The van der Waals surface area contributed by atoms with Crippen molar-refractivity contribution in [3.63, 3.8) is 0 Å². The minimum absolute atomic E-state index is 0.0788. The van der Waals surface area contributed by atoms with Crippen LogP contribution in [0, 0.1) is 6.92 Å². The second-order valence-electron chi connectivity index (χ2n) is 4.86. The minimum Gasteiger partial charge on any atom is -0.477 e. The van der Waals surface area contributed by atoms with Crippen molar-refractivity contribution in [3.05, 3.63) is 65.6 Å². The molecule has 0 saturated carbocycles. The minimum atomic E-state index is -1.000. The lowest BCUT2D eigenvalue weighted by atomic mass is 10.2. The van der Waals surface area contributed by atoms with Crippen molar-refractivity contribution in [1.29, 1.82) is 0 Å². The summed E-state index contributed by atoms with van der Waals surface area (Å²) < 4.78 is 2.11. The molecule has 3 aromatic rings. The molecule has 3 rings (SSSR count). The number of rotatable bonds is 3. The van der Waals surface area contributed by atoms with Crippen LogP contribution in [0.3, 0.4) is 0 Å². The van der Waals surface area contributed by atoms with Gasteiger partial charge in [-0.25, -0.2) is 9.78 Å². The van der Waals surface area contributed by atoms with Gasteiger partial charge < -0.3 is 9.67 Å². The number of hydrogen-bond acceptors (Lipinski definition) is 2. The number of aromatic nitrogens is 2. The zero-order valence-electron chi connectivity index (χ0n) is 11.1. The van der Waals surface area contributed by atoms with Crippen molar-refractivity contribution in [1.82, 2.24) is 9.55 Å². The van der Waals surface area contributed by atoms with Crippen LogP contribution in [0.5, 0.6) is 0 Å². The topological polar surface area (TPSA) is 55.1 Å². The summed E-state index contributed by atoms with van der Waals surface area (Å²) in [6.07, 6.45) is 3.56. The van der Waals surface area contributed by atoms with Crippen molar-refractivity contribution in [2.45, 2.75) is 13.5 Å². The third-order valence-electron chi connectivity index (χ3n) is 3.33. The number of carboxylic acids is 1. The van der Waals surface area contributed by atoms with Gasteiger partial charge in [-0.15, -0.1) is 0 Å². The van der Waals surface area contributed by atoms with E-state index in [2.05, 4.69) is 40.7 Å². The van der Waals surface area contributed by atoms with Crippen LogP contribution in [-0.2, 0) is 6.54 Å². The van der Waals surface area contributed by atoms with Gasteiger partial charge in [-0.2, -0.15) is 0 Å². The van der Waals surface area contributed by atoms with Crippen LogP contribution in [0.2, 0.25) is 0 Å². The van der Waals surface area contributed by atoms with Gasteiger partial charge in [-0.3, -0.25) is 0 Å². The van der Waals surface area contributed by atoms with E-state index in [1.807, 2.05) is 12.3 Å². The Balaban J connectivity index is 1.99.